The molecule has 1 fully saturated rings. The molecule has 0 radical (unpaired) electrons. The summed E-state index contributed by atoms with van der Waals surface area (Å²) < 4.78 is 27.7. The van der Waals surface area contributed by atoms with Crippen molar-refractivity contribution in [1.82, 2.24) is 9.62 Å². The molecule has 0 spiro atoms. The van der Waals surface area contributed by atoms with Gasteiger partial charge in [0.1, 0.15) is 0 Å². The highest BCUT2D eigenvalue weighted by molar-refractivity contribution is 7.89. The predicted molar refractivity (Wildman–Crippen MR) is 85.8 cm³/mol. The Labute approximate surface area is 128 Å². The van der Waals surface area contributed by atoms with Crippen molar-refractivity contribution < 1.29 is 8.42 Å². The van der Waals surface area contributed by atoms with Gasteiger partial charge in [-0.15, -0.1) is 0 Å². The molecule has 2 atom stereocenters. The number of benzene rings is 1. The minimum atomic E-state index is -3.41. The minimum absolute atomic E-state index is 0.0812. The first-order valence-electron chi connectivity index (χ1n) is 7.54. The SMILES string of the molecule is CNCc1cc(C)c(C)c(S(=O)(=O)N2CC(C)CC2C)c1. The summed E-state index contributed by atoms with van der Waals surface area (Å²) in [5.41, 5.74) is 2.90. The lowest BCUT2D eigenvalue weighted by atomic mass is 10.1. The summed E-state index contributed by atoms with van der Waals surface area (Å²) in [4.78, 5) is 0.466. The van der Waals surface area contributed by atoms with E-state index in [1.165, 1.54) is 0 Å². The third-order valence-corrected chi connectivity index (χ3v) is 6.48. The van der Waals surface area contributed by atoms with Gasteiger partial charge in [0.2, 0.25) is 10.0 Å². The average molecular weight is 310 g/mol. The van der Waals surface area contributed by atoms with Gasteiger partial charge in [0, 0.05) is 19.1 Å². The van der Waals surface area contributed by atoms with E-state index in [0.29, 0.717) is 23.9 Å². The van der Waals surface area contributed by atoms with Gasteiger partial charge in [0.15, 0.2) is 0 Å². The van der Waals surface area contributed by atoms with Crippen molar-refractivity contribution in [2.24, 2.45) is 5.92 Å². The van der Waals surface area contributed by atoms with Gasteiger partial charge in [-0.25, -0.2) is 8.42 Å². The Morgan fingerprint density at radius 1 is 1.29 bits per heavy atom. The summed E-state index contributed by atoms with van der Waals surface area (Å²) in [6.45, 7) is 9.29. The van der Waals surface area contributed by atoms with Crippen molar-refractivity contribution in [2.75, 3.05) is 13.6 Å². The molecule has 0 aliphatic carbocycles. The van der Waals surface area contributed by atoms with E-state index >= 15 is 0 Å². The number of nitrogens with zero attached hydrogens (tertiary/aromatic N) is 1. The largest absolute Gasteiger partial charge is 0.316 e. The number of hydrogen-bond acceptors (Lipinski definition) is 3. The third-order valence-electron chi connectivity index (χ3n) is 4.37. The van der Waals surface area contributed by atoms with E-state index in [4.69, 9.17) is 0 Å². The Balaban J connectivity index is 2.49. The van der Waals surface area contributed by atoms with Crippen molar-refractivity contribution >= 4 is 10.0 Å². The Hall–Kier alpha value is -0.910. The van der Waals surface area contributed by atoms with E-state index in [1.807, 2.05) is 33.9 Å². The summed E-state index contributed by atoms with van der Waals surface area (Å²) in [7, 11) is -1.54. The molecular formula is C16H26N2O2S. The van der Waals surface area contributed by atoms with Crippen LogP contribution in [-0.2, 0) is 16.6 Å². The first kappa shape index (κ1) is 16.5. The molecule has 118 valence electrons. The van der Waals surface area contributed by atoms with Gasteiger partial charge >= 0.3 is 0 Å². The molecule has 2 unspecified atom stereocenters. The minimum Gasteiger partial charge on any atom is -0.316 e. The zero-order valence-corrected chi connectivity index (χ0v) is 14.4. The van der Waals surface area contributed by atoms with E-state index in [-0.39, 0.29) is 6.04 Å². The highest BCUT2D eigenvalue weighted by Crippen LogP contribution is 2.31. The maximum atomic E-state index is 13.0. The summed E-state index contributed by atoms with van der Waals surface area (Å²) in [5, 5.41) is 3.09. The quantitative estimate of drug-likeness (QED) is 0.929. The van der Waals surface area contributed by atoms with Crippen LogP contribution in [0.25, 0.3) is 0 Å². The Bertz CT molecular complexity index is 625. The van der Waals surface area contributed by atoms with Crippen LogP contribution < -0.4 is 5.32 Å². The van der Waals surface area contributed by atoms with E-state index in [0.717, 1.165) is 23.1 Å². The van der Waals surface area contributed by atoms with Gasteiger partial charge in [-0.1, -0.05) is 13.0 Å². The standard InChI is InChI=1S/C16H26N2O2S/c1-11-6-13(3)18(10-11)21(19,20)16-8-15(9-17-5)7-12(2)14(16)4/h7-8,11,13,17H,6,9-10H2,1-5H3. The van der Waals surface area contributed by atoms with Crippen molar-refractivity contribution in [3.8, 4) is 0 Å². The molecule has 0 aromatic heterocycles. The van der Waals surface area contributed by atoms with E-state index in [1.54, 1.807) is 4.31 Å². The highest BCUT2D eigenvalue weighted by atomic mass is 32.2. The molecule has 1 heterocycles. The molecule has 21 heavy (non-hydrogen) atoms. The molecule has 1 aliphatic heterocycles. The number of aryl methyl sites for hydroxylation is 1. The number of rotatable bonds is 4. The van der Waals surface area contributed by atoms with E-state index in [9.17, 15) is 8.42 Å². The van der Waals surface area contributed by atoms with Gasteiger partial charge < -0.3 is 5.32 Å². The van der Waals surface area contributed by atoms with Gasteiger partial charge in [-0.2, -0.15) is 4.31 Å². The number of sulfonamides is 1. The van der Waals surface area contributed by atoms with Crippen molar-refractivity contribution in [2.45, 2.75) is 51.6 Å². The van der Waals surface area contributed by atoms with Crippen LogP contribution in [0.4, 0.5) is 0 Å². The molecule has 0 saturated carbocycles. The molecule has 0 amide bonds. The Morgan fingerprint density at radius 2 is 1.95 bits per heavy atom. The van der Waals surface area contributed by atoms with Gasteiger partial charge in [0.25, 0.3) is 0 Å². The Kier molecular flexibility index (Phi) is 4.76. The lowest BCUT2D eigenvalue weighted by Gasteiger charge is -2.23. The molecule has 4 nitrogen and oxygen atoms in total. The predicted octanol–water partition coefficient (Wildman–Crippen LogP) is 2.44. The number of nitrogens with one attached hydrogen (secondary N) is 1. The summed E-state index contributed by atoms with van der Waals surface area (Å²) in [6, 6.07) is 3.96. The highest BCUT2D eigenvalue weighted by Gasteiger charge is 2.37. The van der Waals surface area contributed by atoms with Crippen LogP contribution in [0.2, 0.25) is 0 Å². The van der Waals surface area contributed by atoms with Gasteiger partial charge in [0.05, 0.1) is 4.90 Å². The van der Waals surface area contributed by atoms with Crippen LogP contribution in [-0.4, -0.2) is 32.4 Å². The van der Waals surface area contributed by atoms with Gasteiger partial charge in [-0.05, 0) is 62.9 Å². The Morgan fingerprint density at radius 3 is 2.48 bits per heavy atom. The zero-order chi connectivity index (χ0) is 15.8. The first-order chi connectivity index (χ1) is 9.77. The maximum Gasteiger partial charge on any atom is 0.243 e. The van der Waals surface area contributed by atoms with Crippen molar-refractivity contribution in [3.63, 3.8) is 0 Å². The normalized spacial score (nSPS) is 23.7. The molecule has 1 aromatic rings. The fraction of sp³-hybridized carbons (Fsp3) is 0.625. The molecular weight excluding hydrogens is 284 g/mol. The van der Waals surface area contributed by atoms with Crippen LogP contribution in [0.15, 0.2) is 17.0 Å². The smallest absolute Gasteiger partial charge is 0.243 e. The fourth-order valence-electron chi connectivity index (χ4n) is 3.20. The average Bonchev–Trinajstić information content (AvgIpc) is 2.73. The second kappa shape index (κ2) is 6.07. The lowest BCUT2D eigenvalue weighted by Crippen LogP contribution is -2.34. The first-order valence-corrected chi connectivity index (χ1v) is 8.98. The summed E-state index contributed by atoms with van der Waals surface area (Å²) in [6.07, 6.45) is 0.938. The second-order valence-corrected chi connectivity index (χ2v) is 8.19. The van der Waals surface area contributed by atoms with Crippen LogP contribution in [0, 0.1) is 19.8 Å². The molecule has 5 heteroatoms. The molecule has 1 N–H and O–H groups in total. The molecule has 2 rings (SSSR count). The van der Waals surface area contributed by atoms with Crippen molar-refractivity contribution in [3.05, 3.63) is 28.8 Å². The molecule has 0 bridgehead atoms. The lowest BCUT2D eigenvalue weighted by molar-refractivity contribution is 0.405. The molecule has 1 saturated heterocycles. The third kappa shape index (κ3) is 3.15. The maximum absolute atomic E-state index is 13.0. The van der Waals surface area contributed by atoms with Crippen LogP contribution in [0.1, 0.15) is 37.0 Å². The summed E-state index contributed by atoms with van der Waals surface area (Å²) >= 11 is 0. The van der Waals surface area contributed by atoms with Crippen LogP contribution >= 0.6 is 0 Å². The molecule has 1 aliphatic rings. The molecule has 1 aromatic carbocycles. The van der Waals surface area contributed by atoms with Crippen molar-refractivity contribution in [1.29, 1.82) is 0 Å². The van der Waals surface area contributed by atoms with Crippen LogP contribution in [0.5, 0.6) is 0 Å². The monoisotopic (exact) mass is 310 g/mol. The fourth-order valence-corrected chi connectivity index (χ4v) is 5.31. The number of hydrogen-bond donors (Lipinski definition) is 1. The topological polar surface area (TPSA) is 49.4 Å². The van der Waals surface area contributed by atoms with E-state index < -0.39 is 10.0 Å². The second-order valence-electron chi connectivity index (χ2n) is 6.33. The summed E-state index contributed by atoms with van der Waals surface area (Å²) in [5.74, 6) is 0.427. The van der Waals surface area contributed by atoms with Gasteiger partial charge in [-0.3, -0.25) is 0 Å². The zero-order valence-electron chi connectivity index (χ0n) is 13.6. The van der Waals surface area contributed by atoms with Crippen LogP contribution in [0.3, 0.4) is 0 Å². The van der Waals surface area contributed by atoms with E-state index in [2.05, 4.69) is 18.3 Å².